The van der Waals surface area contributed by atoms with E-state index in [0.29, 0.717) is 11.4 Å². The summed E-state index contributed by atoms with van der Waals surface area (Å²) in [6.07, 6.45) is 0. The largest absolute Gasteiger partial charge is 0.384 e. The lowest BCUT2D eigenvalue weighted by atomic mass is 9.84. The standard InChI is InChI=1S/C35H38N4O3/c1-23-25(9-8-18-40)21-26(35(3,4)5)22-32(23)38-34(41)37-31-14-12-29(28-10-6-7-11-30(28)31)27-13-15-33(36-24(27)2)39-16-19-42-20-17-39/h6-7,10-15,21-22,40H,16-20H2,1-5H3,(H2,37,38,41). The Morgan fingerprint density at radius 1 is 0.952 bits per heavy atom. The number of benzene rings is 3. The maximum Gasteiger partial charge on any atom is 0.323 e. The molecule has 0 spiro atoms. The Balaban J connectivity index is 1.44. The fraction of sp³-hybridized carbons (Fsp3) is 0.314. The van der Waals surface area contributed by atoms with E-state index in [-0.39, 0.29) is 18.1 Å². The first kappa shape index (κ1) is 29.1. The smallest absolute Gasteiger partial charge is 0.323 e. The first-order valence-electron chi connectivity index (χ1n) is 14.3. The lowest BCUT2D eigenvalue weighted by Crippen LogP contribution is -2.36. The second kappa shape index (κ2) is 12.2. The third kappa shape index (κ3) is 6.25. The summed E-state index contributed by atoms with van der Waals surface area (Å²) in [5.41, 5.74) is 7.02. The van der Waals surface area contributed by atoms with E-state index in [4.69, 9.17) is 9.72 Å². The highest BCUT2D eigenvalue weighted by molar-refractivity contribution is 6.10. The Morgan fingerprint density at radius 3 is 2.33 bits per heavy atom. The zero-order valence-electron chi connectivity index (χ0n) is 25.0. The van der Waals surface area contributed by atoms with Crippen molar-refractivity contribution in [3.8, 4) is 23.0 Å². The number of aliphatic hydroxyl groups excluding tert-OH is 1. The number of hydrogen-bond donors (Lipinski definition) is 3. The van der Waals surface area contributed by atoms with Crippen molar-refractivity contribution in [2.45, 2.75) is 40.0 Å². The van der Waals surface area contributed by atoms with Gasteiger partial charge in [0.1, 0.15) is 12.4 Å². The van der Waals surface area contributed by atoms with Gasteiger partial charge >= 0.3 is 6.03 Å². The highest BCUT2D eigenvalue weighted by atomic mass is 16.5. The zero-order chi connectivity index (χ0) is 29.9. The van der Waals surface area contributed by atoms with Crippen LogP contribution in [-0.4, -0.2) is 49.0 Å². The van der Waals surface area contributed by atoms with Crippen LogP contribution in [0, 0.1) is 25.7 Å². The van der Waals surface area contributed by atoms with Crippen molar-refractivity contribution in [3.63, 3.8) is 0 Å². The summed E-state index contributed by atoms with van der Waals surface area (Å²) in [4.78, 5) is 20.5. The predicted molar refractivity (Wildman–Crippen MR) is 171 cm³/mol. The molecule has 0 atom stereocenters. The van der Waals surface area contributed by atoms with Crippen LogP contribution in [-0.2, 0) is 10.2 Å². The Hall–Kier alpha value is -4.38. The molecule has 3 aromatic carbocycles. The molecule has 0 radical (unpaired) electrons. The number of rotatable bonds is 4. The molecule has 42 heavy (non-hydrogen) atoms. The SMILES string of the molecule is Cc1nc(N2CCOCC2)ccc1-c1ccc(NC(=O)Nc2cc(C(C)(C)C)cc(C#CCO)c2C)c2ccccc12. The second-order valence-electron chi connectivity index (χ2n) is 11.6. The van der Waals surface area contributed by atoms with Crippen LogP contribution in [0.5, 0.6) is 0 Å². The molecule has 0 bridgehead atoms. The molecule has 1 fully saturated rings. The van der Waals surface area contributed by atoms with Crippen LogP contribution in [0.25, 0.3) is 21.9 Å². The third-order valence-electron chi connectivity index (χ3n) is 7.69. The van der Waals surface area contributed by atoms with Crippen LogP contribution in [0.1, 0.15) is 43.2 Å². The molecule has 216 valence electrons. The minimum absolute atomic E-state index is 0.143. The lowest BCUT2D eigenvalue weighted by Gasteiger charge is -2.28. The summed E-state index contributed by atoms with van der Waals surface area (Å²) in [5, 5.41) is 17.3. The van der Waals surface area contributed by atoms with E-state index in [1.165, 1.54) is 0 Å². The lowest BCUT2D eigenvalue weighted by molar-refractivity contribution is 0.122. The van der Waals surface area contributed by atoms with Crippen molar-refractivity contribution in [3.05, 3.63) is 83.0 Å². The van der Waals surface area contributed by atoms with Crippen molar-refractivity contribution >= 4 is 34.0 Å². The Bertz CT molecular complexity index is 1690. The number of aliphatic hydroxyl groups is 1. The minimum atomic E-state index is -0.337. The highest BCUT2D eigenvalue weighted by Gasteiger charge is 2.19. The first-order valence-corrected chi connectivity index (χ1v) is 14.3. The van der Waals surface area contributed by atoms with Gasteiger partial charge in [-0.3, -0.25) is 0 Å². The molecule has 0 unspecified atom stereocenters. The summed E-state index contributed by atoms with van der Waals surface area (Å²) in [6.45, 7) is 13.2. The van der Waals surface area contributed by atoms with E-state index >= 15 is 0 Å². The molecule has 7 heteroatoms. The van der Waals surface area contributed by atoms with Crippen LogP contribution in [0.3, 0.4) is 0 Å². The number of pyridine rings is 1. The van der Waals surface area contributed by atoms with Gasteiger partial charge in [-0.25, -0.2) is 9.78 Å². The van der Waals surface area contributed by atoms with Gasteiger partial charge in [-0.1, -0.05) is 62.9 Å². The van der Waals surface area contributed by atoms with Gasteiger partial charge in [-0.05, 0) is 71.7 Å². The molecule has 4 aromatic rings. The molecule has 7 nitrogen and oxygen atoms in total. The van der Waals surface area contributed by atoms with Gasteiger partial charge in [0.25, 0.3) is 0 Å². The highest BCUT2D eigenvalue weighted by Crippen LogP contribution is 2.36. The number of nitrogens with zero attached hydrogens (tertiary/aromatic N) is 2. The molecule has 3 N–H and O–H groups in total. The summed E-state index contributed by atoms with van der Waals surface area (Å²) < 4.78 is 5.49. The summed E-state index contributed by atoms with van der Waals surface area (Å²) in [7, 11) is 0. The zero-order valence-corrected chi connectivity index (χ0v) is 25.0. The molecule has 5 rings (SSSR count). The normalized spacial score (nSPS) is 13.4. The second-order valence-corrected chi connectivity index (χ2v) is 11.6. The summed E-state index contributed by atoms with van der Waals surface area (Å²) in [6, 6.07) is 20.0. The van der Waals surface area contributed by atoms with Gasteiger partial charge in [0.15, 0.2) is 0 Å². The molecule has 2 amide bonds. The maximum absolute atomic E-state index is 13.3. The van der Waals surface area contributed by atoms with Crippen molar-refractivity contribution in [2.24, 2.45) is 0 Å². The fourth-order valence-corrected chi connectivity index (χ4v) is 5.26. The van der Waals surface area contributed by atoms with Crippen LogP contribution in [0.15, 0.2) is 60.7 Å². The number of nitrogens with one attached hydrogen (secondary N) is 2. The van der Waals surface area contributed by atoms with Gasteiger partial charge in [-0.2, -0.15) is 0 Å². The van der Waals surface area contributed by atoms with Gasteiger partial charge in [0, 0.05) is 41.0 Å². The predicted octanol–water partition coefficient (Wildman–Crippen LogP) is 6.64. The van der Waals surface area contributed by atoms with Gasteiger partial charge in [0.05, 0.1) is 18.9 Å². The number of ether oxygens (including phenoxy) is 1. The van der Waals surface area contributed by atoms with E-state index < -0.39 is 0 Å². The number of aryl methyl sites for hydroxylation is 1. The van der Waals surface area contributed by atoms with E-state index in [0.717, 1.165) is 76.4 Å². The van der Waals surface area contributed by atoms with E-state index in [1.54, 1.807) is 0 Å². The van der Waals surface area contributed by atoms with Crippen molar-refractivity contribution < 1.29 is 14.6 Å². The number of morpholine rings is 1. The fourth-order valence-electron chi connectivity index (χ4n) is 5.26. The number of carbonyl (C=O) groups is 1. The molecule has 2 heterocycles. The number of carbonyl (C=O) groups excluding carboxylic acids is 1. The van der Waals surface area contributed by atoms with E-state index in [2.05, 4.69) is 66.3 Å². The van der Waals surface area contributed by atoms with Crippen LogP contribution < -0.4 is 15.5 Å². The van der Waals surface area contributed by atoms with Gasteiger partial charge in [-0.15, -0.1) is 0 Å². The van der Waals surface area contributed by atoms with Crippen LogP contribution >= 0.6 is 0 Å². The number of hydrogen-bond acceptors (Lipinski definition) is 5. The minimum Gasteiger partial charge on any atom is -0.384 e. The summed E-state index contributed by atoms with van der Waals surface area (Å²) in [5.74, 6) is 6.73. The van der Waals surface area contributed by atoms with Crippen molar-refractivity contribution in [2.75, 3.05) is 48.4 Å². The topological polar surface area (TPSA) is 86.7 Å². The molecule has 1 aliphatic heterocycles. The molecule has 0 saturated carbocycles. The maximum atomic E-state index is 13.3. The van der Waals surface area contributed by atoms with Crippen molar-refractivity contribution in [1.82, 2.24) is 4.98 Å². The molecule has 1 saturated heterocycles. The van der Waals surface area contributed by atoms with E-state index in [1.807, 2.05) is 56.3 Å². The Morgan fingerprint density at radius 2 is 1.64 bits per heavy atom. The molecule has 0 aliphatic carbocycles. The molecular weight excluding hydrogens is 524 g/mol. The number of urea groups is 1. The van der Waals surface area contributed by atoms with Gasteiger partial charge < -0.3 is 25.4 Å². The first-order chi connectivity index (χ1) is 20.2. The number of amides is 2. The third-order valence-corrected chi connectivity index (χ3v) is 7.69. The average Bonchev–Trinajstić information content (AvgIpc) is 2.98. The Kier molecular flexibility index (Phi) is 8.49. The number of anilines is 3. The average molecular weight is 563 g/mol. The molecule has 1 aromatic heterocycles. The Labute approximate surface area is 247 Å². The van der Waals surface area contributed by atoms with Gasteiger partial charge in [0.2, 0.25) is 0 Å². The number of fused-ring (bicyclic) bond motifs is 1. The van der Waals surface area contributed by atoms with Crippen molar-refractivity contribution in [1.29, 1.82) is 0 Å². The molecule has 1 aliphatic rings. The molecular formula is C35H38N4O3. The van der Waals surface area contributed by atoms with Crippen LogP contribution in [0.2, 0.25) is 0 Å². The van der Waals surface area contributed by atoms with E-state index in [9.17, 15) is 9.90 Å². The quantitative estimate of drug-likeness (QED) is 0.243. The number of aromatic nitrogens is 1. The summed E-state index contributed by atoms with van der Waals surface area (Å²) >= 11 is 0. The van der Waals surface area contributed by atoms with Crippen LogP contribution in [0.4, 0.5) is 22.0 Å². The monoisotopic (exact) mass is 562 g/mol.